The molecule has 8 nitrogen and oxygen atoms in total. The summed E-state index contributed by atoms with van der Waals surface area (Å²) in [5.74, 6) is 0.984. The van der Waals surface area contributed by atoms with Crippen LogP contribution in [-0.2, 0) is 19.6 Å². The van der Waals surface area contributed by atoms with Crippen molar-refractivity contribution in [3.8, 4) is 12.1 Å². The first-order valence-electron chi connectivity index (χ1n) is 12.9. The van der Waals surface area contributed by atoms with Gasteiger partial charge in [0.25, 0.3) is 0 Å². The van der Waals surface area contributed by atoms with E-state index in [2.05, 4.69) is 65.2 Å². The van der Waals surface area contributed by atoms with E-state index in [0.29, 0.717) is 25.1 Å². The highest BCUT2D eigenvalue weighted by atomic mass is 16.5. The van der Waals surface area contributed by atoms with Crippen molar-refractivity contribution >= 4 is 5.82 Å². The Balaban J connectivity index is 1.39. The molecule has 3 aliphatic heterocycles. The summed E-state index contributed by atoms with van der Waals surface area (Å²) in [6.45, 7) is 11.1. The highest BCUT2D eigenvalue weighted by Crippen LogP contribution is 2.33. The second-order valence-corrected chi connectivity index (χ2v) is 10.3. The lowest BCUT2D eigenvalue weighted by molar-refractivity contribution is 0.187. The molecule has 0 saturated carbocycles. The number of aromatic nitrogens is 2. The molecule has 2 aromatic rings. The van der Waals surface area contributed by atoms with Crippen molar-refractivity contribution in [1.82, 2.24) is 25.1 Å². The topological polar surface area (TPSA) is 80.6 Å². The average Bonchev–Trinajstić information content (AvgIpc) is 3.45. The Kier molecular flexibility index (Phi) is 7.19. The van der Waals surface area contributed by atoms with Crippen LogP contribution in [0.1, 0.15) is 47.2 Å². The number of likely N-dealkylation sites (N-methyl/N-ethyl adjacent to an activating group) is 1. The van der Waals surface area contributed by atoms with Gasteiger partial charge in [-0.15, -0.1) is 0 Å². The normalized spacial score (nSPS) is 22.9. The zero-order valence-electron chi connectivity index (χ0n) is 21.3. The van der Waals surface area contributed by atoms with Gasteiger partial charge in [0, 0.05) is 56.9 Å². The van der Waals surface area contributed by atoms with E-state index in [9.17, 15) is 5.26 Å². The van der Waals surface area contributed by atoms with E-state index in [4.69, 9.17) is 14.7 Å². The van der Waals surface area contributed by atoms with E-state index in [0.717, 1.165) is 63.7 Å². The number of piperazine rings is 1. The largest absolute Gasteiger partial charge is 0.462 e. The second-order valence-electron chi connectivity index (χ2n) is 10.3. The van der Waals surface area contributed by atoms with Crippen molar-refractivity contribution in [2.75, 3.05) is 44.7 Å². The predicted octanol–water partition coefficient (Wildman–Crippen LogP) is 2.77. The number of ether oxygens (including phenoxy) is 1. The van der Waals surface area contributed by atoms with Gasteiger partial charge in [-0.3, -0.25) is 4.90 Å². The van der Waals surface area contributed by atoms with E-state index in [-0.39, 0.29) is 6.04 Å². The first-order valence-corrected chi connectivity index (χ1v) is 12.9. The first-order chi connectivity index (χ1) is 17.0. The van der Waals surface area contributed by atoms with Crippen LogP contribution in [0.15, 0.2) is 18.2 Å². The highest BCUT2D eigenvalue weighted by molar-refractivity contribution is 5.52. The molecule has 0 radical (unpaired) electrons. The third kappa shape index (κ3) is 5.27. The van der Waals surface area contributed by atoms with Gasteiger partial charge in [0.1, 0.15) is 12.4 Å². The van der Waals surface area contributed by atoms with Crippen molar-refractivity contribution in [2.24, 2.45) is 0 Å². The van der Waals surface area contributed by atoms with Crippen LogP contribution in [0.3, 0.4) is 0 Å². The molecule has 5 rings (SSSR count). The van der Waals surface area contributed by atoms with Crippen molar-refractivity contribution in [2.45, 2.75) is 64.8 Å². The standard InChI is InChI=1S/C27H37N7O/c1-19-6-4-7-21(20(19)2)14-33-16-24-25(17-33)30-27(35-18-23-8-5-12-32(23)3)31-26(24)34-13-11-29-22(15-34)9-10-28/h4,6-7,22-23,29H,5,8-9,11-18H2,1-3H3/t22-,23-/m0/s1. The Morgan fingerprint density at radius 1 is 1.20 bits per heavy atom. The van der Waals surface area contributed by atoms with Gasteiger partial charge in [0.05, 0.1) is 18.2 Å². The maximum atomic E-state index is 9.22. The lowest BCUT2D eigenvalue weighted by atomic mass is 10.0. The highest BCUT2D eigenvalue weighted by Gasteiger charge is 2.31. The summed E-state index contributed by atoms with van der Waals surface area (Å²) in [6, 6.07) is 9.94. The Morgan fingerprint density at radius 2 is 2.09 bits per heavy atom. The first kappa shape index (κ1) is 24.0. The summed E-state index contributed by atoms with van der Waals surface area (Å²) in [6.07, 6.45) is 2.88. The molecule has 0 spiro atoms. The Bertz CT molecular complexity index is 1100. The van der Waals surface area contributed by atoms with Gasteiger partial charge in [0.2, 0.25) is 0 Å². The van der Waals surface area contributed by atoms with E-state index in [1.807, 2.05) is 0 Å². The molecule has 2 atom stereocenters. The molecule has 0 unspecified atom stereocenters. The number of fused-ring (bicyclic) bond motifs is 1. The van der Waals surface area contributed by atoms with Gasteiger partial charge >= 0.3 is 6.01 Å². The van der Waals surface area contributed by atoms with E-state index in [1.54, 1.807) is 0 Å². The van der Waals surface area contributed by atoms with E-state index < -0.39 is 0 Å². The number of nitrogens with one attached hydrogen (secondary N) is 1. The number of anilines is 1. The number of nitriles is 1. The van der Waals surface area contributed by atoms with Crippen LogP contribution in [0.5, 0.6) is 6.01 Å². The summed E-state index contributed by atoms with van der Waals surface area (Å²) in [5, 5.41) is 12.7. The van der Waals surface area contributed by atoms with Crippen LogP contribution in [0, 0.1) is 25.2 Å². The van der Waals surface area contributed by atoms with Gasteiger partial charge in [-0.2, -0.15) is 15.2 Å². The molecule has 8 heteroatoms. The molecular formula is C27H37N7O. The quantitative estimate of drug-likeness (QED) is 0.655. The number of hydrogen-bond acceptors (Lipinski definition) is 8. The van der Waals surface area contributed by atoms with Gasteiger partial charge in [0.15, 0.2) is 0 Å². The monoisotopic (exact) mass is 475 g/mol. The van der Waals surface area contributed by atoms with Crippen LogP contribution >= 0.6 is 0 Å². The van der Waals surface area contributed by atoms with Gasteiger partial charge in [-0.25, -0.2) is 0 Å². The molecule has 0 amide bonds. The van der Waals surface area contributed by atoms with Gasteiger partial charge in [-0.05, 0) is 57.0 Å². The van der Waals surface area contributed by atoms with E-state index >= 15 is 0 Å². The zero-order chi connectivity index (χ0) is 24.4. The lowest BCUT2D eigenvalue weighted by Gasteiger charge is -2.34. The Labute approximate surface area is 208 Å². The number of likely N-dealkylation sites (tertiary alicyclic amines) is 1. The molecule has 2 saturated heterocycles. The summed E-state index contributed by atoms with van der Waals surface area (Å²) < 4.78 is 6.20. The molecular weight excluding hydrogens is 438 g/mol. The second kappa shape index (κ2) is 10.5. The number of nitrogens with zero attached hydrogens (tertiary/aromatic N) is 6. The third-order valence-corrected chi connectivity index (χ3v) is 7.89. The van der Waals surface area contributed by atoms with Crippen LogP contribution < -0.4 is 15.0 Å². The molecule has 0 aliphatic carbocycles. The van der Waals surface area contributed by atoms with Crippen LogP contribution in [-0.4, -0.2) is 71.7 Å². The summed E-state index contributed by atoms with van der Waals surface area (Å²) in [5.41, 5.74) is 6.34. The fraction of sp³-hybridized carbons (Fsp3) is 0.593. The number of hydrogen-bond donors (Lipinski definition) is 1. The molecule has 1 aromatic carbocycles. The fourth-order valence-corrected chi connectivity index (χ4v) is 5.57. The van der Waals surface area contributed by atoms with Gasteiger partial charge < -0.3 is 19.9 Å². The lowest BCUT2D eigenvalue weighted by Crippen LogP contribution is -2.51. The van der Waals surface area contributed by atoms with Gasteiger partial charge in [-0.1, -0.05) is 18.2 Å². The van der Waals surface area contributed by atoms with Crippen molar-refractivity contribution in [3.05, 3.63) is 46.1 Å². The molecule has 3 aliphatic rings. The maximum absolute atomic E-state index is 9.22. The molecule has 1 aromatic heterocycles. The SMILES string of the molecule is Cc1cccc(CN2Cc3nc(OC[C@@H]4CCCN4C)nc(N4CCN[C@@H](CC#N)C4)c3C2)c1C. The molecule has 1 N–H and O–H groups in total. The average molecular weight is 476 g/mol. The fourth-order valence-electron chi connectivity index (χ4n) is 5.57. The number of aryl methyl sites for hydroxylation is 1. The van der Waals surface area contributed by atoms with Crippen molar-refractivity contribution in [1.29, 1.82) is 5.26 Å². The van der Waals surface area contributed by atoms with Crippen LogP contribution in [0.4, 0.5) is 5.82 Å². The minimum absolute atomic E-state index is 0.156. The maximum Gasteiger partial charge on any atom is 0.318 e. The molecule has 0 bridgehead atoms. The van der Waals surface area contributed by atoms with Crippen LogP contribution in [0.25, 0.3) is 0 Å². The van der Waals surface area contributed by atoms with Crippen LogP contribution in [0.2, 0.25) is 0 Å². The Morgan fingerprint density at radius 3 is 2.89 bits per heavy atom. The van der Waals surface area contributed by atoms with Crippen molar-refractivity contribution in [3.63, 3.8) is 0 Å². The molecule has 4 heterocycles. The number of benzene rings is 1. The molecule has 35 heavy (non-hydrogen) atoms. The molecule has 2 fully saturated rings. The number of rotatable bonds is 7. The minimum Gasteiger partial charge on any atom is -0.462 e. The zero-order valence-corrected chi connectivity index (χ0v) is 21.3. The van der Waals surface area contributed by atoms with E-state index in [1.165, 1.54) is 28.7 Å². The summed E-state index contributed by atoms with van der Waals surface area (Å²) in [4.78, 5) is 17.0. The predicted molar refractivity (Wildman–Crippen MR) is 136 cm³/mol. The minimum atomic E-state index is 0.156. The third-order valence-electron chi connectivity index (χ3n) is 7.89. The summed E-state index contributed by atoms with van der Waals surface area (Å²) >= 11 is 0. The van der Waals surface area contributed by atoms with Crippen molar-refractivity contribution < 1.29 is 4.74 Å². The smallest absolute Gasteiger partial charge is 0.318 e. The Hall–Kier alpha value is -2.73. The summed E-state index contributed by atoms with van der Waals surface area (Å²) in [7, 11) is 2.16. The molecule has 186 valence electrons.